The maximum Gasteiger partial charge on any atom is 0.338 e. The lowest BCUT2D eigenvalue weighted by Crippen LogP contribution is -2.09. The van der Waals surface area contributed by atoms with Crippen LogP contribution in [-0.2, 0) is 4.74 Å². The highest BCUT2D eigenvalue weighted by molar-refractivity contribution is 5.89. The van der Waals surface area contributed by atoms with Gasteiger partial charge in [-0.2, -0.15) is 4.98 Å². The van der Waals surface area contributed by atoms with Crippen LogP contribution in [0.5, 0.6) is 5.75 Å². The number of carbonyl (C=O) groups excluding carboxylic acids is 1. The van der Waals surface area contributed by atoms with Gasteiger partial charge in [0.25, 0.3) is 5.89 Å². The third-order valence-corrected chi connectivity index (χ3v) is 3.10. The average Bonchev–Trinajstić information content (AvgIpc) is 3.06. The molecule has 0 aliphatic heterocycles. The van der Waals surface area contributed by atoms with Gasteiger partial charge >= 0.3 is 5.97 Å². The molecule has 0 unspecified atom stereocenters. The van der Waals surface area contributed by atoms with Crippen molar-refractivity contribution in [3.63, 3.8) is 0 Å². The molecule has 0 saturated carbocycles. The number of phenols is 1. The summed E-state index contributed by atoms with van der Waals surface area (Å²) in [6.07, 6.45) is 2.56. The molecule has 1 N–H and O–H groups in total. The molecule has 2 aromatic heterocycles. The van der Waals surface area contributed by atoms with Gasteiger partial charge in [-0.15, -0.1) is 0 Å². The van der Waals surface area contributed by atoms with Gasteiger partial charge in [-0.05, 0) is 43.3 Å². The van der Waals surface area contributed by atoms with Crippen molar-refractivity contribution in [2.45, 2.75) is 13.0 Å². The normalized spacial score (nSPS) is 11.9. The standard InChI is InChI=1S/C16H13N3O4/c1-10(22-16(21)11-4-6-13(20)7-5-11)15-18-14(19-23-15)12-3-2-8-17-9-12/h2-10,20H,1H3/t10-/m0/s1. The Labute approximate surface area is 131 Å². The van der Waals surface area contributed by atoms with Crippen LogP contribution in [0.4, 0.5) is 0 Å². The molecule has 116 valence electrons. The van der Waals surface area contributed by atoms with E-state index in [4.69, 9.17) is 9.26 Å². The fourth-order valence-electron chi connectivity index (χ4n) is 1.89. The van der Waals surface area contributed by atoms with Crippen molar-refractivity contribution in [1.82, 2.24) is 15.1 Å². The smallest absolute Gasteiger partial charge is 0.338 e. The van der Waals surface area contributed by atoms with Crippen LogP contribution in [0.2, 0.25) is 0 Å². The lowest BCUT2D eigenvalue weighted by atomic mass is 10.2. The van der Waals surface area contributed by atoms with E-state index in [0.29, 0.717) is 17.0 Å². The molecular weight excluding hydrogens is 298 g/mol. The number of aromatic nitrogens is 3. The molecule has 0 bridgehead atoms. The molecule has 23 heavy (non-hydrogen) atoms. The summed E-state index contributed by atoms with van der Waals surface area (Å²) in [6, 6.07) is 9.33. The fourth-order valence-corrected chi connectivity index (χ4v) is 1.89. The number of rotatable bonds is 4. The number of nitrogens with zero attached hydrogens (tertiary/aromatic N) is 3. The first-order valence-electron chi connectivity index (χ1n) is 6.87. The minimum Gasteiger partial charge on any atom is -0.508 e. The Balaban J connectivity index is 1.71. The molecular formula is C16H13N3O4. The van der Waals surface area contributed by atoms with Gasteiger partial charge in [0, 0.05) is 18.0 Å². The molecule has 7 nitrogen and oxygen atoms in total. The van der Waals surface area contributed by atoms with E-state index < -0.39 is 12.1 Å². The van der Waals surface area contributed by atoms with E-state index in [9.17, 15) is 9.90 Å². The molecule has 0 saturated heterocycles. The summed E-state index contributed by atoms with van der Waals surface area (Å²) < 4.78 is 10.4. The summed E-state index contributed by atoms with van der Waals surface area (Å²) in [7, 11) is 0. The van der Waals surface area contributed by atoms with Gasteiger partial charge in [0.1, 0.15) is 5.75 Å². The molecule has 3 rings (SSSR count). The molecule has 0 aliphatic rings. The third-order valence-electron chi connectivity index (χ3n) is 3.10. The molecule has 2 heterocycles. The number of hydrogen-bond donors (Lipinski definition) is 1. The monoisotopic (exact) mass is 311 g/mol. The van der Waals surface area contributed by atoms with E-state index >= 15 is 0 Å². The Kier molecular flexibility index (Phi) is 4.01. The third kappa shape index (κ3) is 3.34. The van der Waals surface area contributed by atoms with Crippen LogP contribution in [0.15, 0.2) is 53.3 Å². The molecule has 1 atom stereocenters. The van der Waals surface area contributed by atoms with Crippen molar-refractivity contribution in [3.8, 4) is 17.1 Å². The summed E-state index contributed by atoms with van der Waals surface area (Å²) in [5.74, 6) is 0.0999. The number of phenolic OH excluding ortho intramolecular Hbond substituents is 1. The first-order chi connectivity index (χ1) is 11.1. The van der Waals surface area contributed by atoms with Gasteiger partial charge in [-0.3, -0.25) is 4.98 Å². The van der Waals surface area contributed by atoms with Crippen molar-refractivity contribution in [1.29, 1.82) is 0 Å². The van der Waals surface area contributed by atoms with Crippen molar-refractivity contribution < 1.29 is 19.2 Å². The average molecular weight is 311 g/mol. The van der Waals surface area contributed by atoms with Gasteiger partial charge < -0.3 is 14.4 Å². The largest absolute Gasteiger partial charge is 0.508 e. The lowest BCUT2D eigenvalue weighted by Gasteiger charge is -2.08. The Morgan fingerprint density at radius 1 is 1.26 bits per heavy atom. The highest BCUT2D eigenvalue weighted by atomic mass is 16.6. The van der Waals surface area contributed by atoms with Crippen LogP contribution < -0.4 is 0 Å². The Morgan fingerprint density at radius 3 is 2.74 bits per heavy atom. The SMILES string of the molecule is C[C@H](OC(=O)c1ccc(O)cc1)c1nc(-c2cccnc2)no1. The Bertz CT molecular complexity index is 800. The predicted octanol–water partition coefficient (Wildman–Crippen LogP) is 2.76. The van der Waals surface area contributed by atoms with E-state index in [1.165, 1.54) is 24.3 Å². The number of pyridine rings is 1. The molecule has 0 fully saturated rings. The molecule has 3 aromatic rings. The summed E-state index contributed by atoms with van der Waals surface area (Å²) in [4.78, 5) is 20.2. The van der Waals surface area contributed by atoms with Crippen molar-refractivity contribution >= 4 is 5.97 Å². The molecule has 0 amide bonds. The van der Waals surface area contributed by atoms with Crippen molar-refractivity contribution in [2.24, 2.45) is 0 Å². The minimum absolute atomic E-state index is 0.0765. The predicted molar refractivity (Wildman–Crippen MR) is 79.5 cm³/mol. The van der Waals surface area contributed by atoms with Crippen LogP contribution >= 0.6 is 0 Å². The number of carbonyl (C=O) groups is 1. The topological polar surface area (TPSA) is 98.3 Å². The lowest BCUT2D eigenvalue weighted by molar-refractivity contribution is 0.0265. The van der Waals surface area contributed by atoms with Crippen LogP contribution in [0.3, 0.4) is 0 Å². The fraction of sp³-hybridized carbons (Fsp3) is 0.125. The molecule has 1 aromatic carbocycles. The highest BCUT2D eigenvalue weighted by Crippen LogP contribution is 2.21. The Morgan fingerprint density at radius 2 is 2.04 bits per heavy atom. The summed E-state index contributed by atoms with van der Waals surface area (Å²) in [5, 5.41) is 13.1. The maximum absolute atomic E-state index is 12.0. The molecule has 0 radical (unpaired) electrons. The number of aromatic hydroxyl groups is 1. The van der Waals surface area contributed by atoms with E-state index in [-0.39, 0.29) is 11.6 Å². The van der Waals surface area contributed by atoms with Gasteiger partial charge in [0.15, 0.2) is 6.10 Å². The van der Waals surface area contributed by atoms with Crippen molar-refractivity contribution in [2.75, 3.05) is 0 Å². The molecule has 0 aliphatic carbocycles. The summed E-state index contributed by atoms with van der Waals surface area (Å²) >= 11 is 0. The number of ether oxygens (including phenoxy) is 1. The van der Waals surface area contributed by atoms with Crippen LogP contribution in [-0.4, -0.2) is 26.2 Å². The highest BCUT2D eigenvalue weighted by Gasteiger charge is 2.20. The number of hydrogen-bond acceptors (Lipinski definition) is 7. The first kappa shape index (κ1) is 14.7. The van der Waals surface area contributed by atoms with Gasteiger partial charge in [0.05, 0.1) is 5.56 Å². The van der Waals surface area contributed by atoms with Crippen molar-refractivity contribution in [3.05, 3.63) is 60.2 Å². The zero-order chi connectivity index (χ0) is 16.2. The molecule has 0 spiro atoms. The zero-order valence-corrected chi connectivity index (χ0v) is 12.2. The zero-order valence-electron chi connectivity index (χ0n) is 12.2. The van der Waals surface area contributed by atoms with Gasteiger partial charge in [-0.1, -0.05) is 5.16 Å². The van der Waals surface area contributed by atoms with E-state index in [1.54, 1.807) is 31.5 Å². The quantitative estimate of drug-likeness (QED) is 0.740. The van der Waals surface area contributed by atoms with Gasteiger partial charge in [0.2, 0.25) is 5.82 Å². The van der Waals surface area contributed by atoms with Crippen LogP contribution in [0.25, 0.3) is 11.4 Å². The van der Waals surface area contributed by atoms with Crippen LogP contribution in [0.1, 0.15) is 29.3 Å². The number of esters is 1. The summed E-state index contributed by atoms with van der Waals surface area (Å²) in [5.41, 5.74) is 1.03. The van der Waals surface area contributed by atoms with Crippen LogP contribution in [0, 0.1) is 0 Å². The van der Waals surface area contributed by atoms with E-state index in [2.05, 4.69) is 15.1 Å². The van der Waals surface area contributed by atoms with Gasteiger partial charge in [-0.25, -0.2) is 4.79 Å². The second-order valence-corrected chi connectivity index (χ2v) is 4.79. The Hall–Kier alpha value is -3.22. The minimum atomic E-state index is -0.700. The molecule has 7 heteroatoms. The van der Waals surface area contributed by atoms with E-state index in [0.717, 1.165) is 0 Å². The first-order valence-corrected chi connectivity index (χ1v) is 6.87. The second-order valence-electron chi connectivity index (χ2n) is 4.79. The summed E-state index contributed by atoms with van der Waals surface area (Å²) in [6.45, 7) is 1.64. The van der Waals surface area contributed by atoms with E-state index in [1.807, 2.05) is 0 Å². The second kappa shape index (κ2) is 6.27. The number of benzene rings is 1. The maximum atomic E-state index is 12.0.